The van der Waals surface area contributed by atoms with Crippen molar-refractivity contribution in [3.63, 3.8) is 0 Å². The van der Waals surface area contributed by atoms with Gasteiger partial charge in [-0.1, -0.05) is 48.0 Å². The lowest BCUT2D eigenvalue weighted by molar-refractivity contribution is -0.138. The summed E-state index contributed by atoms with van der Waals surface area (Å²) in [5.41, 5.74) is 1.69. The van der Waals surface area contributed by atoms with Crippen LogP contribution in [-0.4, -0.2) is 15.8 Å². The third-order valence-corrected chi connectivity index (χ3v) is 5.27. The Bertz CT molecular complexity index is 1230. The van der Waals surface area contributed by atoms with Crippen molar-refractivity contribution in [2.75, 3.05) is 0 Å². The topological polar surface area (TPSA) is 42.9 Å². The Balaban J connectivity index is 1.76. The summed E-state index contributed by atoms with van der Waals surface area (Å²) in [6.45, 7) is 1.90. The van der Waals surface area contributed by atoms with E-state index < -0.39 is 17.7 Å². The molecule has 0 fully saturated rings. The zero-order valence-electron chi connectivity index (χ0n) is 16.7. The molecule has 2 aromatic heterocycles. The van der Waals surface area contributed by atoms with Gasteiger partial charge in [-0.15, -0.1) is 0 Å². The van der Waals surface area contributed by atoms with Crippen LogP contribution < -0.4 is 0 Å². The van der Waals surface area contributed by atoms with Gasteiger partial charge in [0.2, 0.25) is 0 Å². The predicted octanol–water partition coefficient (Wildman–Crippen LogP) is 6.36. The molecular weight excluding hydrogens is 401 g/mol. The van der Waals surface area contributed by atoms with Crippen LogP contribution in [0.2, 0.25) is 0 Å². The Morgan fingerprint density at radius 3 is 2.39 bits per heavy atom. The number of nitrogens with zero attached hydrogens (tertiary/aromatic N) is 2. The van der Waals surface area contributed by atoms with Gasteiger partial charge >= 0.3 is 6.18 Å². The van der Waals surface area contributed by atoms with Crippen molar-refractivity contribution in [3.8, 4) is 0 Å². The molecule has 31 heavy (non-hydrogen) atoms. The number of carbonyl (C=O) groups excluding carboxylic acids is 1. The molecule has 0 aliphatic rings. The van der Waals surface area contributed by atoms with E-state index in [1.165, 1.54) is 12.3 Å². The van der Waals surface area contributed by atoms with E-state index >= 15 is 0 Å². The van der Waals surface area contributed by atoms with Crippen molar-refractivity contribution in [2.24, 2.45) is 0 Å². The lowest BCUT2D eigenvalue weighted by Crippen LogP contribution is -2.17. The zero-order valence-corrected chi connectivity index (χ0v) is 16.7. The predicted molar refractivity (Wildman–Crippen MR) is 113 cm³/mol. The zero-order chi connectivity index (χ0) is 22.0. The van der Waals surface area contributed by atoms with Gasteiger partial charge in [-0.05, 0) is 36.8 Å². The first-order chi connectivity index (χ1) is 14.8. The average molecular weight is 420 g/mol. The molecule has 0 unspecified atom stereocenters. The molecule has 4 rings (SSSR count). The number of ketones is 1. The largest absolute Gasteiger partial charge is 0.418 e. The maximum Gasteiger partial charge on any atom is 0.418 e. The minimum atomic E-state index is -4.57. The SMILES string of the molecule is Cc1ccc([C@H](CC(=O)c2ccc3cccnc3c2)c2ncccc2C(F)(F)F)cc1. The van der Waals surface area contributed by atoms with Gasteiger partial charge < -0.3 is 0 Å². The first-order valence-electron chi connectivity index (χ1n) is 9.79. The van der Waals surface area contributed by atoms with Gasteiger partial charge in [0, 0.05) is 35.7 Å². The van der Waals surface area contributed by atoms with E-state index in [9.17, 15) is 18.0 Å². The van der Waals surface area contributed by atoms with Crippen molar-refractivity contribution < 1.29 is 18.0 Å². The summed E-state index contributed by atoms with van der Waals surface area (Å²) in [5.74, 6) is -1.10. The first kappa shape index (κ1) is 20.7. The highest BCUT2D eigenvalue weighted by Crippen LogP contribution is 2.38. The summed E-state index contributed by atoms with van der Waals surface area (Å²) in [5, 5.41) is 0.887. The van der Waals surface area contributed by atoms with Gasteiger partial charge in [0.25, 0.3) is 0 Å². The number of carbonyl (C=O) groups is 1. The van der Waals surface area contributed by atoms with E-state index in [4.69, 9.17) is 0 Å². The van der Waals surface area contributed by atoms with E-state index in [1.807, 2.05) is 25.1 Å². The second-order valence-electron chi connectivity index (χ2n) is 7.44. The van der Waals surface area contributed by atoms with Crippen LogP contribution in [0, 0.1) is 6.92 Å². The van der Waals surface area contributed by atoms with Crippen molar-refractivity contribution in [3.05, 3.63) is 107 Å². The molecule has 156 valence electrons. The molecule has 4 aromatic rings. The highest BCUT2D eigenvalue weighted by atomic mass is 19.4. The maximum atomic E-state index is 13.7. The van der Waals surface area contributed by atoms with E-state index in [2.05, 4.69) is 9.97 Å². The lowest BCUT2D eigenvalue weighted by atomic mass is 9.86. The molecule has 3 nitrogen and oxygen atoms in total. The molecule has 0 radical (unpaired) electrons. The fourth-order valence-corrected chi connectivity index (χ4v) is 3.65. The molecule has 2 heterocycles. The maximum absolute atomic E-state index is 13.7. The van der Waals surface area contributed by atoms with Crippen LogP contribution >= 0.6 is 0 Å². The molecule has 6 heteroatoms. The lowest BCUT2D eigenvalue weighted by Gasteiger charge is -2.21. The van der Waals surface area contributed by atoms with Gasteiger partial charge in [-0.2, -0.15) is 13.2 Å². The van der Waals surface area contributed by atoms with Crippen molar-refractivity contribution in [1.82, 2.24) is 9.97 Å². The Morgan fingerprint density at radius 2 is 1.65 bits per heavy atom. The monoisotopic (exact) mass is 420 g/mol. The standard InChI is InChI=1S/C25H19F3N2O/c1-16-6-8-17(9-7-16)20(24-21(25(26,27)28)5-3-13-30-24)15-23(31)19-11-10-18-4-2-12-29-22(18)14-19/h2-14,20H,15H2,1H3/t20-/m0/s1. The quantitative estimate of drug-likeness (QED) is 0.353. The second kappa shape index (κ2) is 8.30. The number of alkyl halides is 3. The van der Waals surface area contributed by atoms with Crippen LogP contribution in [0.3, 0.4) is 0 Å². The summed E-state index contributed by atoms with van der Waals surface area (Å²) in [6.07, 6.45) is -1.74. The first-order valence-corrected chi connectivity index (χ1v) is 9.79. The number of pyridine rings is 2. The average Bonchev–Trinajstić information content (AvgIpc) is 2.77. The molecule has 0 saturated heterocycles. The normalized spacial score (nSPS) is 12.6. The molecule has 1 atom stereocenters. The highest BCUT2D eigenvalue weighted by Gasteiger charge is 2.37. The molecule has 0 bridgehead atoms. The Kier molecular flexibility index (Phi) is 5.55. The number of Topliss-reactive ketones (excluding diaryl/α,β-unsaturated/α-hetero) is 1. The summed E-state index contributed by atoms with van der Waals surface area (Å²) in [6, 6.07) is 18.3. The molecule has 2 aromatic carbocycles. The van der Waals surface area contributed by atoms with Crippen molar-refractivity contribution >= 4 is 16.7 Å². The summed E-state index contributed by atoms with van der Waals surface area (Å²) < 4.78 is 41.1. The van der Waals surface area contributed by atoms with Gasteiger partial charge in [0.15, 0.2) is 5.78 Å². The molecule has 0 aliphatic heterocycles. The summed E-state index contributed by atoms with van der Waals surface area (Å²) in [7, 11) is 0. The fourth-order valence-electron chi connectivity index (χ4n) is 3.65. The van der Waals surface area contributed by atoms with Crippen LogP contribution in [0.25, 0.3) is 10.9 Å². The number of hydrogen-bond acceptors (Lipinski definition) is 3. The number of aromatic nitrogens is 2. The molecule has 0 aliphatic carbocycles. The van der Waals surface area contributed by atoms with Crippen LogP contribution in [-0.2, 0) is 6.18 Å². The number of benzene rings is 2. The van der Waals surface area contributed by atoms with Gasteiger partial charge in [0.1, 0.15) is 0 Å². The van der Waals surface area contributed by atoms with E-state index in [-0.39, 0.29) is 17.9 Å². The molecule has 0 saturated carbocycles. The van der Waals surface area contributed by atoms with Gasteiger partial charge in [0.05, 0.1) is 16.8 Å². The Morgan fingerprint density at radius 1 is 0.935 bits per heavy atom. The smallest absolute Gasteiger partial charge is 0.294 e. The molecule has 0 amide bonds. The Labute approximate surface area is 177 Å². The fraction of sp³-hybridized carbons (Fsp3) is 0.160. The minimum absolute atomic E-state index is 0.137. The van der Waals surface area contributed by atoms with Crippen molar-refractivity contribution in [2.45, 2.75) is 25.4 Å². The van der Waals surface area contributed by atoms with Gasteiger partial charge in [-0.3, -0.25) is 14.8 Å². The molecule has 0 spiro atoms. The Hall–Kier alpha value is -3.54. The number of hydrogen-bond donors (Lipinski definition) is 0. The van der Waals surface area contributed by atoms with Crippen molar-refractivity contribution in [1.29, 1.82) is 0 Å². The number of rotatable bonds is 5. The molecular formula is C25H19F3N2O. The third kappa shape index (κ3) is 4.48. The van der Waals surface area contributed by atoms with Crippen LogP contribution in [0.4, 0.5) is 13.2 Å². The number of aryl methyl sites for hydroxylation is 1. The summed E-state index contributed by atoms with van der Waals surface area (Å²) >= 11 is 0. The van der Waals surface area contributed by atoms with E-state index in [0.29, 0.717) is 16.6 Å². The minimum Gasteiger partial charge on any atom is -0.294 e. The van der Waals surface area contributed by atoms with Gasteiger partial charge in [-0.25, -0.2) is 0 Å². The van der Waals surface area contributed by atoms with E-state index in [0.717, 1.165) is 17.0 Å². The van der Waals surface area contributed by atoms with Crippen LogP contribution in [0.15, 0.2) is 79.1 Å². The van der Waals surface area contributed by atoms with Crippen LogP contribution in [0.1, 0.15) is 45.1 Å². The number of fused-ring (bicyclic) bond motifs is 1. The second-order valence-corrected chi connectivity index (χ2v) is 7.44. The van der Waals surface area contributed by atoms with Crippen LogP contribution in [0.5, 0.6) is 0 Å². The summed E-state index contributed by atoms with van der Waals surface area (Å²) in [4.78, 5) is 21.5. The number of halogens is 3. The highest BCUT2D eigenvalue weighted by molar-refractivity contribution is 5.99. The molecule has 0 N–H and O–H groups in total. The third-order valence-electron chi connectivity index (χ3n) is 5.27. The van der Waals surface area contributed by atoms with E-state index in [1.54, 1.807) is 42.6 Å².